The van der Waals surface area contributed by atoms with Gasteiger partial charge in [-0.2, -0.15) is 0 Å². The summed E-state index contributed by atoms with van der Waals surface area (Å²) in [5, 5.41) is 0. The summed E-state index contributed by atoms with van der Waals surface area (Å²) in [4.78, 5) is 0. The second-order valence-corrected chi connectivity index (χ2v) is 3.22. The largest absolute Gasteiger partial charge is 0.426 e. The summed E-state index contributed by atoms with van der Waals surface area (Å²) < 4.78 is 19.5. The first-order chi connectivity index (χ1) is 3.21. The lowest BCUT2D eigenvalue weighted by atomic mass is 11.1. The molecule has 0 fully saturated rings. The van der Waals surface area contributed by atoms with Crippen LogP contribution in [-0.4, -0.2) is 6.66 Å². The fraction of sp³-hybridized carbons (Fsp3) is 0.333. The lowest BCUT2D eigenvalue weighted by molar-refractivity contribution is 0.381. The van der Waals surface area contributed by atoms with Crippen molar-refractivity contribution in [2.75, 3.05) is 6.66 Å². The first-order valence-corrected chi connectivity index (χ1v) is 3.79. The molecular formula is C3H5O3P. The molecule has 4 heteroatoms. The van der Waals surface area contributed by atoms with E-state index in [4.69, 9.17) is 0 Å². The van der Waals surface area contributed by atoms with Crippen LogP contribution in [0.4, 0.5) is 0 Å². The van der Waals surface area contributed by atoms with Crippen molar-refractivity contribution in [3.05, 3.63) is 12.5 Å². The predicted octanol–water partition coefficient (Wildman–Crippen LogP) is 1.33. The minimum atomic E-state index is -2.65. The van der Waals surface area contributed by atoms with Crippen molar-refractivity contribution in [1.29, 1.82) is 0 Å². The van der Waals surface area contributed by atoms with E-state index in [0.29, 0.717) is 0 Å². The predicted molar refractivity (Wildman–Crippen MR) is 24.8 cm³/mol. The Labute approximate surface area is 41.5 Å². The van der Waals surface area contributed by atoms with Crippen LogP contribution in [0.25, 0.3) is 0 Å². The van der Waals surface area contributed by atoms with Gasteiger partial charge in [0, 0.05) is 0 Å². The quantitative estimate of drug-likeness (QED) is 0.452. The minimum Gasteiger partial charge on any atom is -0.421 e. The molecular weight excluding hydrogens is 115 g/mol. The van der Waals surface area contributed by atoms with Crippen LogP contribution in [0, 0.1) is 0 Å². The molecule has 7 heavy (non-hydrogen) atoms. The highest BCUT2D eigenvalue weighted by molar-refractivity contribution is 7.53. The summed E-state index contributed by atoms with van der Waals surface area (Å²) in [7, 11) is -2.65. The molecule has 0 N–H and O–H groups in total. The molecule has 0 aliphatic carbocycles. The van der Waals surface area contributed by atoms with Crippen molar-refractivity contribution in [2.45, 2.75) is 0 Å². The molecule has 1 rings (SSSR count). The van der Waals surface area contributed by atoms with E-state index in [9.17, 15) is 4.57 Å². The van der Waals surface area contributed by atoms with Crippen molar-refractivity contribution in [1.82, 2.24) is 0 Å². The Kier molecular flexibility index (Phi) is 0.857. The number of hydrogen-bond donors (Lipinski definition) is 0. The molecule has 1 aliphatic heterocycles. The van der Waals surface area contributed by atoms with E-state index < -0.39 is 7.60 Å². The number of rotatable bonds is 0. The van der Waals surface area contributed by atoms with E-state index in [0.717, 1.165) is 0 Å². The molecule has 40 valence electrons. The first-order valence-electron chi connectivity index (χ1n) is 1.80. The fourth-order valence-electron chi connectivity index (χ4n) is 0.296. The van der Waals surface area contributed by atoms with Crippen LogP contribution >= 0.6 is 7.60 Å². The Morgan fingerprint density at radius 2 is 1.86 bits per heavy atom. The zero-order valence-electron chi connectivity index (χ0n) is 3.83. The molecule has 0 atom stereocenters. The third-order valence-electron chi connectivity index (χ3n) is 0.560. The Morgan fingerprint density at radius 1 is 1.43 bits per heavy atom. The Morgan fingerprint density at radius 3 is 2.00 bits per heavy atom. The molecule has 0 radical (unpaired) electrons. The third-order valence-corrected chi connectivity index (χ3v) is 1.57. The maximum atomic E-state index is 10.5. The van der Waals surface area contributed by atoms with Crippen LogP contribution < -0.4 is 0 Å². The summed E-state index contributed by atoms with van der Waals surface area (Å²) >= 11 is 0. The highest BCUT2D eigenvalue weighted by atomic mass is 31.2. The van der Waals surface area contributed by atoms with E-state index in [-0.39, 0.29) is 0 Å². The van der Waals surface area contributed by atoms with Crippen molar-refractivity contribution < 1.29 is 13.6 Å². The van der Waals surface area contributed by atoms with Crippen molar-refractivity contribution in [3.63, 3.8) is 0 Å². The molecule has 0 bridgehead atoms. The normalized spacial score (nSPS) is 23.6. The Hall–Kier alpha value is -0.430. The summed E-state index contributed by atoms with van der Waals surface area (Å²) in [5.41, 5.74) is 0. The van der Waals surface area contributed by atoms with Crippen LogP contribution in [0.5, 0.6) is 0 Å². The SMILES string of the molecule is CP1(=O)OC=CO1. The van der Waals surface area contributed by atoms with E-state index in [1.54, 1.807) is 0 Å². The highest BCUT2D eigenvalue weighted by Crippen LogP contribution is 2.47. The van der Waals surface area contributed by atoms with Gasteiger partial charge in [-0.25, -0.2) is 4.57 Å². The highest BCUT2D eigenvalue weighted by Gasteiger charge is 2.18. The molecule has 1 heterocycles. The molecule has 1 aliphatic rings. The smallest absolute Gasteiger partial charge is 0.421 e. The summed E-state index contributed by atoms with van der Waals surface area (Å²) in [6.07, 6.45) is 2.56. The average Bonchev–Trinajstić information content (AvgIpc) is 1.84. The standard InChI is InChI=1S/C3H5O3P/c1-7(4)5-2-3-6-7/h2-3H,1H3. The van der Waals surface area contributed by atoms with Gasteiger partial charge < -0.3 is 9.05 Å². The van der Waals surface area contributed by atoms with Gasteiger partial charge in [-0.05, 0) is 0 Å². The zero-order valence-corrected chi connectivity index (χ0v) is 4.72. The minimum absolute atomic E-state index is 1.28. The van der Waals surface area contributed by atoms with Crippen LogP contribution in [0.15, 0.2) is 12.5 Å². The Balaban J connectivity index is 2.67. The molecule has 0 aromatic carbocycles. The molecule has 0 aromatic heterocycles. The van der Waals surface area contributed by atoms with E-state index in [2.05, 4.69) is 9.05 Å². The monoisotopic (exact) mass is 120 g/mol. The lowest BCUT2D eigenvalue weighted by Crippen LogP contribution is -1.71. The van der Waals surface area contributed by atoms with E-state index in [1.807, 2.05) is 0 Å². The summed E-state index contributed by atoms with van der Waals surface area (Å²) in [5.74, 6) is 0. The van der Waals surface area contributed by atoms with Gasteiger partial charge in [0.1, 0.15) is 12.5 Å². The molecule has 0 saturated heterocycles. The molecule has 3 nitrogen and oxygen atoms in total. The van der Waals surface area contributed by atoms with Gasteiger partial charge in [0.25, 0.3) is 0 Å². The molecule has 0 saturated carbocycles. The van der Waals surface area contributed by atoms with Gasteiger partial charge in [-0.3, -0.25) is 0 Å². The lowest BCUT2D eigenvalue weighted by Gasteiger charge is -1.99. The van der Waals surface area contributed by atoms with Crippen LogP contribution in [0.3, 0.4) is 0 Å². The second kappa shape index (κ2) is 1.27. The molecule has 0 spiro atoms. The fourth-order valence-corrected chi connectivity index (χ4v) is 0.887. The topological polar surface area (TPSA) is 35.5 Å². The molecule has 0 unspecified atom stereocenters. The van der Waals surface area contributed by atoms with Gasteiger partial charge in [-0.15, -0.1) is 0 Å². The van der Waals surface area contributed by atoms with Crippen molar-refractivity contribution in [3.8, 4) is 0 Å². The van der Waals surface area contributed by atoms with Crippen molar-refractivity contribution >= 4 is 7.60 Å². The second-order valence-electron chi connectivity index (χ2n) is 1.25. The zero-order chi connectivity index (χ0) is 5.33. The van der Waals surface area contributed by atoms with Crippen LogP contribution in [-0.2, 0) is 13.6 Å². The van der Waals surface area contributed by atoms with Gasteiger partial charge in [0.15, 0.2) is 0 Å². The maximum absolute atomic E-state index is 10.5. The molecule has 0 amide bonds. The van der Waals surface area contributed by atoms with E-state index >= 15 is 0 Å². The Bertz CT molecular complexity index is 127. The summed E-state index contributed by atoms with van der Waals surface area (Å²) in [6, 6.07) is 0. The first kappa shape index (κ1) is 4.72. The van der Waals surface area contributed by atoms with Crippen molar-refractivity contribution in [2.24, 2.45) is 0 Å². The van der Waals surface area contributed by atoms with Gasteiger partial charge in [0.2, 0.25) is 0 Å². The summed E-state index contributed by atoms with van der Waals surface area (Å²) in [6.45, 7) is 1.41. The van der Waals surface area contributed by atoms with Crippen LogP contribution in [0.1, 0.15) is 0 Å². The number of hydrogen-bond acceptors (Lipinski definition) is 3. The van der Waals surface area contributed by atoms with Gasteiger partial charge in [-0.1, -0.05) is 0 Å². The maximum Gasteiger partial charge on any atom is 0.426 e. The molecule has 0 aromatic rings. The van der Waals surface area contributed by atoms with Gasteiger partial charge >= 0.3 is 7.60 Å². The third kappa shape index (κ3) is 0.967. The van der Waals surface area contributed by atoms with Gasteiger partial charge in [0.05, 0.1) is 6.66 Å². The van der Waals surface area contributed by atoms with E-state index in [1.165, 1.54) is 19.2 Å². The average molecular weight is 120 g/mol. The van der Waals surface area contributed by atoms with Crippen LogP contribution in [0.2, 0.25) is 0 Å².